The molecule has 0 spiro atoms. The smallest absolute Gasteiger partial charge is 0.237 e. The van der Waals surface area contributed by atoms with Gasteiger partial charge in [-0.25, -0.2) is 13.1 Å². The summed E-state index contributed by atoms with van der Waals surface area (Å²) in [6, 6.07) is 6.81. The second kappa shape index (κ2) is 6.91. The van der Waals surface area contributed by atoms with Crippen molar-refractivity contribution in [3.63, 3.8) is 0 Å². The van der Waals surface area contributed by atoms with Gasteiger partial charge in [-0.1, -0.05) is 18.2 Å². The van der Waals surface area contributed by atoms with Gasteiger partial charge < -0.3 is 10.6 Å². The van der Waals surface area contributed by atoms with Crippen molar-refractivity contribution < 1.29 is 13.2 Å². The van der Waals surface area contributed by atoms with E-state index in [-0.39, 0.29) is 18.2 Å². The Morgan fingerprint density at radius 3 is 2.52 bits per heavy atom. The van der Waals surface area contributed by atoms with Crippen LogP contribution in [0.5, 0.6) is 0 Å². The Morgan fingerprint density at radius 1 is 1.19 bits per heavy atom. The third-order valence-corrected chi connectivity index (χ3v) is 4.83. The summed E-state index contributed by atoms with van der Waals surface area (Å²) in [5.74, 6) is -0.383. The van der Waals surface area contributed by atoms with Crippen molar-refractivity contribution in [1.29, 1.82) is 0 Å². The molecule has 21 heavy (non-hydrogen) atoms. The lowest BCUT2D eigenvalue weighted by Crippen LogP contribution is -2.42. The first-order chi connectivity index (χ1) is 9.98. The number of likely N-dealkylation sites (tertiary alicyclic amines) is 1. The quantitative estimate of drug-likeness (QED) is 0.783. The maximum atomic E-state index is 12.0. The van der Waals surface area contributed by atoms with E-state index in [2.05, 4.69) is 4.72 Å². The van der Waals surface area contributed by atoms with E-state index in [0.717, 1.165) is 19.3 Å². The van der Waals surface area contributed by atoms with Gasteiger partial charge >= 0.3 is 0 Å². The highest BCUT2D eigenvalue weighted by atomic mass is 32.2. The zero-order valence-electron chi connectivity index (χ0n) is 11.9. The van der Waals surface area contributed by atoms with Crippen LogP contribution in [-0.4, -0.2) is 38.9 Å². The number of nitrogens with zero attached hydrogens (tertiary/aromatic N) is 1. The second-order valence-corrected chi connectivity index (χ2v) is 7.03. The summed E-state index contributed by atoms with van der Waals surface area (Å²) < 4.78 is 26.4. The second-order valence-electron chi connectivity index (χ2n) is 5.22. The van der Waals surface area contributed by atoms with Crippen LogP contribution >= 0.6 is 0 Å². The number of hydrogen-bond acceptors (Lipinski definition) is 4. The number of rotatable bonds is 5. The van der Waals surface area contributed by atoms with Crippen LogP contribution in [0.2, 0.25) is 0 Å². The van der Waals surface area contributed by atoms with Crippen molar-refractivity contribution in [2.75, 3.05) is 25.4 Å². The number of amides is 1. The van der Waals surface area contributed by atoms with Gasteiger partial charge in [0, 0.05) is 18.8 Å². The van der Waals surface area contributed by atoms with Crippen molar-refractivity contribution >= 4 is 21.6 Å². The van der Waals surface area contributed by atoms with E-state index in [1.165, 1.54) is 0 Å². The Balaban J connectivity index is 1.89. The van der Waals surface area contributed by atoms with E-state index in [1.54, 1.807) is 29.2 Å². The normalized spacial score (nSPS) is 15.9. The predicted molar refractivity (Wildman–Crippen MR) is 81.9 cm³/mol. The maximum absolute atomic E-state index is 12.0. The number of piperidine rings is 1. The Hall–Kier alpha value is -1.60. The van der Waals surface area contributed by atoms with Gasteiger partial charge in [-0.15, -0.1) is 0 Å². The molecule has 1 heterocycles. The van der Waals surface area contributed by atoms with Crippen molar-refractivity contribution in [3.05, 3.63) is 29.8 Å². The van der Waals surface area contributed by atoms with Crippen molar-refractivity contribution in [2.45, 2.75) is 25.0 Å². The molecular formula is C14H21N3O3S. The fourth-order valence-corrected chi connectivity index (χ4v) is 3.47. The van der Waals surface area contributed by atoms with Crippen LogP contribution in [-0.2, 0) is 20.6 Å². The molecule has 116 valence electrons. The summed E-state index contributed by atoms with van der Waals surface area (Å²) in [5.41, 5.74) is 6.71. The number of hydrogen-bond donors (Lipinski definition) is 2. The Kier molecular flexibility index (Phi) is 5.19. The Labute approximate surface area is 125 Å². The lowest BCUT2D eigenvalue weighted by atomic mass is 10.1. The summed E-state index contributed by atoms with van der Waals surface area (Å²) >= 11 is 0. The molecule has 1 amide bonds. The highest BCUT2D eigenvalue weighted by molar-refractivity contribution is 7.88. The molecule has 6 nitrogen and oxygen atoms in total. The van der Waals surface area contributed by atoms with Crippen molar-refractivity contribution in [2.24, 2.45) is 0 Å². The molecule has 1 aromatic carbocycles. The minimum atomic E-state index is -3.57. The molecule has 2 rings (SSSR count). The van der Waals surface area contributed by atoms with Gasteiger partial charge in [0.1, 0.15) is 0 Å². The lowest BCUT2D eigenvalue weighted by molar-refractivity contribution is -0.130. The molecule has 1 saturated heterocycles. The van der Waals surface area contributed by atoms with Crippen LogP contribution in [0.4, 0.5) is 5.69 Å². The van der Waals surface area contributed by atoms with Crippen LogP contribution < -0.4 is 10.5 Å². The predicted octanol–water partition coefficient (Wildman–Crippen LogP) is 0.701. The summed E-state index contributed by atoms with van der Waals surface area (Å²) in [6.07, 6.45) is 3.10. The van der Waals surface area contributed by atoms with Crippen LogP contribution in [0.3, 0.4) is 0 Å². The molecule has 0 aromatic heterocycles. The summed E-state index contributed by atoms with van der Waals surface area (Å²) in [4.78, 5) is 13.6. The summed E-state index contributed by atoms with van der Waals surface area (Å²) in [6.45, 7) is 1.24. The maximum Gasteiger partial charge on any atom is 0.237 e. The molecule has 7 heteroatoms. The fourth-order valence-electron chi connectivity index (χ4n) is 2.35. The van der Waals surface area contributed by atoms with Gasteiger partial charge in [0.25, 0.3) is 0 Å². The zero-order valence-corrected chi connectivity index (χ0v) is 12.7. The third kappa shape index (κ3) is 4.71. The topological polar surface area (TPSA) is 92.5 Å². The molecule has 1 aliphatic heterocycles. The number of anilines is 1. The molecule has 0 aliphatic carbocycles. The molecule has 0 atom stereocenters. The molecule has 0 radical (unpaired) electrons. The Morgan fingerprint density at radius 2 is 1.86 bits per heavy atom. The first-order valence-corrected chi connectivity index (χ1v) is 8.72. The molecule has 1 aliphatic rings. The average Bonchev–Trinajstić information content (AvgIpc) is 2.48. The minimum Gasteiger partial charge on any atom is -0.398 e. The van der Waals surface area contributed by atoms with Crippen LogP contribution in [0, 0.1) is 0 Å². The molecule has 0 bridgehead atoms. The largest absolute Gasteiger partial charge is 0.398 e. The first kappa shape index (κ1) is 15.8. The van der Waals surface area contributed by atoms with Crippen molar-refractivity contribution in [3.8, 4) is 0 Å². The minimum absolute atomic E-state index is 0.167. The highest BCUT2D eigenvalue weighted by Crippen LogP contribution is 2.13. The number of nitrogen functional groups attached to an aromatic ring is 1. The average molecular weight is 311 g/mol. The number of sulfonamides is 1. The summed E-state index contributed by atoms with van der Waals surface area (Å²) in [7, 11) is -3.57. The van der Waals surface area contributed by atoms with E-state index in [4.69, 9.17) is 5.73 Å². The highest BCUT2D eigenvalue weighted by Gasteiger charge is 2.19. The van der Waals surface area contributed by atoms with E-state index in [9.17, 15) is 13.2 Å². The van der Waals surface area contributed by atoms with E-state index in [1.807, 2.05) is 0 Å². The summed E-state index contributed by atoms with van der Waals surface area (Å²) in [5, 5.41) is 0. The van der Waals surface area contributed by atoms with Crippen molar-refractivity contribution in [1.82, 2.24) is 9.62 Å². The van der Waals surface area contributed by atoms with Crippen LogP contribution in [0.1, 0.15) is 24.8 Å². The number of para-hydroxylation sites is 1. The van der Waals surface area contributed by atoms with E-state index in [0.29, 0.717) is 24.3 Å². The van der Waals surface area contributed by atoms with Gasteiger partial charge in [-0.3, -0.25) is 4.79 Å². The number of nitrogens with one attached hydrogen (secondary N) is 1. The van der Waals surface area contributed by atoms with Crippen LogP contribution in [0.25, 0.3) is 0 Å². The first-order valence-electron chi connectivity index (χ1n) is 7.06. The van der Waals surface area contributed by atoms with Crippen LogP contribution in [0.15, 0.2) is 24.3 Å². The molecular weight excluding hydrogens is 290 g/mol. The number of carbonyl (C=O) groups excluding carboxylic acids is 1. The molecule has 1 aromatic rings. The van der Waals surface area contributed by atoms with E-state index >= 15 is 0 Å². The van der Waals surface area contributed by atoms with Gasteiger partial charge in [0.2, 0.25) is 15.9 Å². The van der Waals surface area contributed by atoms with Gasteiger partial charge in [-0.2, -0.15) is 0 Å². The zero-order chi connectivity index (χ0) is 15.3. The third-order valence-electron chi connectivity index (χ3n) is 3.55. The SMILES string of the molecule is Nc1ccccc1CS(=O)(=O)NCC(=O)N1CCCCC1. The molecule has 0 saturated carbocycles. The number of nitrogens with two attached hydrogens (primary N) is 1. The number of benzene rings is 1. The monoisotopic (exact) mass is 311 g/mol. The molecule has 1 fully saturated rings. The lowest BCUT2D eigenvalue weighted by Gasteiger charge is -2.26. The number of carbonyl (C=O) groups is 1. The Bertz CT molecular complexity index is 595. The molecule has 3 N–H and O–H groups in total. The van der Waals surface area contributed by atoms with Gasteiger partial charge in [-0.05, 0) is 30.9 Å². The van der Waals surface area contributed by atoms with E-state index < -0.39 is 10.0 Å². The standard InChI is InChI=1S/C14H21N3O3S/c15-13-7-3-2-6-12(13)11-21(19,20)16-10-14(18)17-8-4-1-5-9-17/h2-3,6-7,16H,1,4-5,8-11,15H2. The van der Waals surface area contributed by atoms with Gasteiger partial charge in [0.05, 0.1) is 12.3 Å². The fraction of sp³-hybridized carbons (Fsp3) is 0.500. The van der Waals surface area contributed by atoms with Gasteiger partial charge in [0.15, 0.2) is 0 Å². The molecule has 0 unspecified atom stereocenters.